The maximum absolute atomic E-state index is 5.00. The molecule has 0 aromatic rings. The first-order valence-electron chi connectivity index (χ1n) is 11.3. The van der Waals surface area contributed by atoms with E-state index in [1.165, 1.54) is 96.8 Å². The van der Waals surface area contributed by atoms with Gasteiger partial charge in [0.2, 0.25) is 0 Å². The van der Waals surface area contributed by atoms with Crippen LogP contribution in [0.3, 0.4) is 0 Å². The van der Waals surface area contributed by atoms with Crippen LogP contribution in [0.25, 0.3) is 0 Å². The van der Waals surface area contributed by atoms with Crippen LogP contribution in [-0.2, 0) is 0 Å². The molecule has 0 aliphatic carbocycles. The molecule has 0 aromatic heterocycles. The van der Waals surface area contributed by atoms with Crippen molar-refractivity contribution in [3.8, 4) is 0 Å². The van der Waals surface area contributed by atoms with Crippen molar-refractivity contribution in [1.29, 1.82) is 0 Å². The minimum absolute atomic E-state index is 0. The third-order valence-electron chi connectivity index (χ3n) is 6.59. The third kappa shape index (κ3) is 7.35. The van der Waals surface area contributed by atoms with Gasteiger partial charge in [0.15, 0.2) is 5.96 Å². The van der Waals surface area contributed by atoms with Crippen LogP contribution in [0.15, 0.2) is 4.99 Å². The molecule has 5 nitrogen and oxygen atoms in total. The van der Waals surface area contributed by atoms with Crippen molar-refractivity contribution >= 4 is 29.9 Å². The standard InChI is InChI=1S/C21H41N5.HI/c1-3-22-21(23-11-7-19-8-14-24(4-2)15-9-19)26-16-10-20(18-26)17-25-12-5-6-13-25;/h19-20H,3-18H2,1-2H3,(H,22,23);1H. The number of halogens is 1. The Kier molecular flexibility index (Phi) is 10.7. The summed E-state index contributed by atoms with van der Waals surface area (Å²) < 4.78 is 0. The molecule has 3 fully saturated rings. The molecule has 1 N–H and O–H groups in total. The minimum atomic E-state index is 0. The first-order chi connectivity index (χ1) is 12.8. The van der Waals surface area contributed by atoms with Crippen molar-refractivity contribution in [2.45, 2.75) is 52.4 Å². The number of nitrogens with zero attached hydrogens (tertiary/aromatic N) is 4. The first-order valence-corrected chi connectivity index (χ1v) is 11.3. The van der Waals surface area contributed by atoms with Crippen LogP contribution in [0.1, 0.15) is 52.4 Å². The summed E-state index contributed by atoms with van der Waals surface area (Å²) in [5.41, 5.74) is 0. The highest BCUT2D eigenvalue weighted by Gasteiger charge is 2.27. The molecule has 3 rings (SSSR count). The molecule has 1 unspecified atom stereocenters. The summed E-state index contributed by atoms with van der Waals surface area (Å²) in [5.74, 6) is 2.88. The van der Waals surface area contributed by atoms with E-state index in [4.69, 9.17) is 4.99 Å². The highest BCUT2D eigenvalue weighted by atomic mass is 127. The van der Waals surface area contributed by atoms with E-state index in [9.17, 15) is 0 Å². The van der Waals surface area contributed by atoms with Crippen molar-refractivity contribution < 1.29 is 0 Å². The van der Waals surface area contributed by atoms with Crippen molar-refractivity contribution in [2.75, 3.05) is 65.4 Å². The lowest BCUT2D eigenvalue weighted by atomic mass is 9.94. The third-order valence-corrected chi connectivity index (χ3v) is 6.59. The summed E-state index contributed by atoms with van der Waals surface area (Å²) in [4.78, 5) is 12.8. The minimum Gasteiger partial charge on any atom is -0.357 e. The first kappa shape index (κ1) is 23.2. The fourth-order valence-corrected chi connectivity index (χ4v) is 4.87. The lowest BCUT2D eigenvalue weighted by Gasteiger charge is -2.30. The van der Waals surface area contributed by atoms with Crippen LogP contribution in [0.4, 0.5) is 0 Å². The number of piperidine rings is 1. The molecule has 3 saturated heterocycles. The van der Waals surface area contributed by atoms with Gasteiger partial charge in [-0.2, -0.15) is 0 Å². The second kappa shape index (κ2) is 12.5. The van der Waals surface area contributed by atoms with Gasteiger partial charge in [-0.15, -0.1) is 24.0 Å². The topological polar surface area (TPSA) is 34.1 Å². The van der Waals surface area contributed by atoms with Crippen molar-refractivity contribution in [3.05, 3.63) is 0 Å². The number of hydrogen-bond acceptors (Lipinski definition) is 3. The maximum Gasteiger partial charge on any atom is 0.193 e. The number of hydrogen-bond donors (Lipinski definition) is 1. The van der Waals surface area contributed by atoms with E-state index < -0.39 is 0 Å². The van der Waals surface area contributed by atoms with Crippen molar-refractivity contribution in [2.24, 2.45) is 16.8 Å². The molecule has 3 aliphatic rings. The number of aliphatic imine (C=N–C) groups is 1. The zero-order valence-electron chi connectivity index (χ0n) is 17.7. The quantitative estimate of drug-likeness (QED) is 0.337. The Morgan fingerprint density at radius 2 is 1.63 bits per heavy atom. The molecule has 158 valence electrons. The number of likely N-dealkylation sites (tertiary alicyclic amines) is 3. The van der Waals surface area contributed by atoms with E-state index in [0.29, 0.717) is 0 Å². The predicted molar refractivity (Wildman–Crippen MR) is 126 cm³/mol. The predicted octanol–water partition coefficient (Wildman–Crippen LogP) is 3.11. The summed E-state index contributed by atoms with van der Waals surface area (Å²) in [5, 5.41) is 3.55. The number of nitrogens with one attached hydrogen (secondary N) is 1. The van der Waals surface area contributed by atoms with Crippen LogP contribution in [-0.4, -0.2) is 86.1 Å². The highest BCUT2D eigenvalue weighted by Crippen LogP contribution is 2.22. The molecule has 0 amide bonds. The lowest BCUT2D eigenvalue weighted by molar-refractivity contribution is 0.188. The van der Waals surface area contributed by atoms with Gasteiger partial charge in [0.25, 0.3) is 0 Å². The van der Waals surface area contributed by atoms with Gasteiger partial charge in [-0.05, 0) is 90.0 Å². The molecule has 1 atom stereocenters. The van der Waals surface area contributed by atoms with Gasteiger partial charge in [0.1, 0.15) is 0 Å². The lowest BCUT2D eigenvalue weighted by Crippen LogP contribution is -2.41. The van der Waals surface area contributed by atoms with Gasteiger partial charge in [-0.1, -0.05) is 6.92 Å². The molecule has 0 radical (unpaired) electrons. The van der Waals surface area contributed by atoms with Gasteiger partial charge in [-0.3, -0.25) is 4.99 Å². The highest BCUT2D eigenvalue weighted by molar-refractivity contribution is 14.0. The largest absolute Gasteiger partial charge is 0.357 e. The Morgan fingerprint density at radius 1 is 0.926 bits per heavy atom. The molecule has 0 spiro atoms. The summed E-state index contributed by atoms with van der Waals surface area (Å²) >= 11 is 0. The van der Waals surface area contributed by atoms with E-state index >= 15 is 0 Å². The monoisotopic (exact) mass is 491 g/mol. The smallest absolute Gasteiger partial charge is 0.193 e. The van der Waals surface area contributed by atoms with Gasteiger partial charge in [-0.25, -0.2) is 0 Å². The van der Waals surface area contributed by atoms with Crippen LogP contribution in [0, 0.1) is 11.8 Å². The van der Waals surface area contributed by atoms with Crippen LogP contribution >= 0.6 is 24.0 Å². The molecule has 0 aromatic carbocycles. The van der Waals surface area contributed by atoms with E-state index in [2.05, 4.69) is 33.9 Å². The van der Waals surface area contributed by atoms with E-state index in [1.54, 1.807) is 0 Å². The van der Waals surface area contributed by atoms with Gasteiger partial charge >= 0.3 is 0 Å². The zero-order chi connectivity index (χ0) is 18.2. The molecular formula is C21H42IN5. The SMILES string of the molecule is CCNC(=NCCC1CCN(CC)CC1)N1CCC(CN2CCCC2)C1.I. The maximum atomic E-state index is 5.00. The second-order valence-electron chi connectivity index (χ2n) is 8.51. The van der Waals surface area contributed by atoms with Crippen LogP contribution in [0.2, 0.25) is 0 Å². The fourth-order valence-electron chi connectivity index (χ4n) is 4.87. The molecule has 3 aliphatic heterocycles. The average Bonchev–Trinajstić information content (AvgIpc) is 3.34. The fraction of sp³-hybridized carbons (Fsp3) is 0.952. The molecule has 0 bridgehead atoms. The molecule has 6 heteroatoms. The summed E-state index contributed by atoms with van der Waals surface area (Å²) in [6.07, 6.45) is 8.12. The zero-order valence-corrected chi connectivity index (χ0v) is 20.0. The molecule has 3 heterocycles. The second-order valence-corrected chi connectivity index (χ2v) is 8.51. The Balaban J connectivity index is 0.00000261. The van der Waals surface area contributed by atoms with Crippen molar-refractivity contribution in [3.63, 3.8) is 0 Å². The Hall–Kier alpha value is -0.0800. The normalized spacial score (nSPS) is 25.8. The molecule has 0 saturated carbocycles. The van der Waals surface area contributed by atoms with E-state index in [-0.39, 0.29) is 24.0 Å². The van der Waals surface area contributed by atoms with Gasteiger partial charge in [0, 0.05) is 32.7 Å². The van der Waals surface area contributed by atoms with Crippen LogP contribution in [0.5, 0.6) is 0 Å². The summed E-state index contributed by atoms with van der Waals surface area (Å²) in [7, 11) is 0. The summed E-state index contributed by atoms with van der Waals surface area (Å²) in [6, 6.07) is 0. The van der Waals surface area contributed by atoms with Crippen LogP contribution < -0.4 is 5.32 Å². The Bertz CT molecular complexity index is 430. The summed E-state index contributed by atoms with van der Waals surface area (Å²) in [6.45, 7) is 16.5. The number of rotatable bonds is 7. The van der Waals surface area contributed by atoms with E-state index in [1.807, 2.05) is 0 Å². The van der Waals surface area contributed by atoms with Crippen molar-refractivity contribution in [1.82, 2.24) is 20.0 Å². The van der Waals surface area contributed by atoms with Gasteiger partial charge in [0.05, 0.1) is 0 Å². The average molecular weight is 492 g/mol. The number of guanidine groups is 1. The molecule has 27 heavy (non-hydrogen) atoms. The molecular weight excluding hydrogens is 449 g/mol. The Morgan fingerprint density at radius 3 is 2.30 bits per heavy atom. The van der Waals surface area contributed by atoms with E-state index in [0.717, 1.165) is 24.9 Å². The van der Waals surface area contributed by atoms with Gasteiger partial charge < -0.3 is 20.0 Å². The Labute approximate surface area is 184 Å².